The van der Waals surface area contributed by atoms with Gasteiger partial charge in [0.1, 0.15) is 0 Å². The molecule has 0 spiro atoms. The third-order valence-electron chi connectivity index (χ3n) is 2.74. The molecule has 92 valence electrons. The lowest BCUT2D eigenvalue weighted by Gasteiger charge is -2.09. The van der Waals surface area contributed by atoms with Gasteiger partial charge in [-0.1, -0.05) is 6.07 Å². The zero-order valence-corrected chi connectivity index (χ0v) is 10.4. The first-order valence-corrected chi connectivity index (χ1v) is 5.66. The van der Waals surface area contributed by atoms with Crippen molar-refractivity contribution in [3.05, 3.63) is 53.3 Å². The van der Waals surface area contributed by atoms with Gasteiger partial charge in [0.2, 0.25) is 0 Å². The third-order valence-corrected chi connectivity index (χ3v) is 2.74. The number of anilines is 2. The number of amides is 1. The molecule has 0 saturated heterocycles. The molecule has 0 atom stereocenters. The van der Waals surface area contributed by atoms with E-state index in [0.29, 0.717) is 16.9 Å². The summed E-state index contributed by atoms with van der Waals surface area (Å²) in [6.07, 6.45) is 3.31. The van der Waals surface area contributed by atoms with Crippen LogP contribution in [0.4, 0.5) is 11.4 Å². The number of nitrogens with one attached hydrogen (secondary N) is 1. The molecule has 4 heteroatoms. The van der Waals surface area contributed by atoms with Crippen molar-refractivity contribution in [1.82, 2.24) is 4.98 Å². The Morgan fingerprint density at radius 2 is 2.06 bits per heavy atom. The summed E-state index contributed by atoms with van der Waals surface area (Å²) in [5.74, 6) is -0.219. The second kappa shape index (κ2) is 4.87. The lowest BCUT2D eigenvalue weighted by atomic mass is 10.1. The maximum Gasteiger partial charge on any atom is 0.257 e. The minimum Gasteiger partial charge on any atom is -0.398 e. The Morgan fingerprint density at radius 1 is 1.28 bits per heavy atom. The molecule has 18 heavy (non-hydrogen) atoms. The first-order valence-electron chi connectivity index (χ1n) is 5.66. The van der Waals surface area contributed by atoms with Gasteiger partial charge in [-0.25, -0.2) is 0 Å². The summed E-state index contributed by atoms with van der Waals surface area (Å²) in [6.45, 7) is 3.85. The zero-order valence-electron chi connectivity index (χ0n) is 10.4. The van der Waals surface area contributed by atoms with Crippen LogP contribution in [0.2, 0.25) is 0 Å². The number of carbonyl (C=O) groups is 1. The van der Waals surface area contributed by atoms with E-state index in [9.17, 15) is 4.79 Å². The molecule has 0 saturated carbocycles. The summed E-state index contributed by atoms with van der Waals surface area (Å²) in [7, 11) is 0. The minimum atomic E-state index is -0.219. The number of hydrogen-bond donors (Lipinski definition) is 2. The fourth-order valence-corrected chi connectivity index (χ4v) is 1.67. The average Bonchev–Trinajstić information content (AvgIpc) is 2.32. The number of nitrogens with zero attached hydrogens (tertiary/aromatic N) is 1. The Kier molecular flexibility index (Phi) is 3.28. The maximum atomic E-state index is 12.1. The van der Waals surface area contributed by atoms with Crippen LogP contribution < -0.4 is 11.1 Å². The summed E-state index contributed by atoms with van der Waals surface area (Å²) in [5, 5.41) is 2.81. The van der Waals surface area contributed by atoms with Crippen molar-refractivity contribution in [3.63, 3.8) is 0 Å². The van der Waals surface area contributed by atoms with E-state index in [1.54, 1.807) is 24.5 Å². The minimum absolute atomic E-state index is 0.219. The quantitative estimate of drug-likeness (QED) is 0.794. The van der Waals surface area contributed by atoms with Crippen molar-refractivity contribution in [2.24, 2.45) is 0 Å². The van der Waals surface area contributed by atoms with Gasteiger partial charge in [-0.15, -0.1) is 0 Å². The third kappa shape index (κ3) is 2.48. The number of carbonyl (C=O) groups excluding carboxylic acids is 1. The largest absolute Gasteiger partial charge is 0.398 e. The molecule has 0 aliphatic rings. The Labute approximate surface area is 106 Å². The van der Waals surface area contributed by atoms with Gasteiger partial charge in [0.25, 0.3) is 5.91 Å². The van der Waals surface area contributed by atoms with E-state index < -0.39 is 0 Å². The lowest BCUT2D eigenvalue weighted by molar-refractivity contribution is 0.102. The van der Waals surface area contributed by atoms with Gasteiger partial charge >= 0.3 is 0 Å². The van der Waals surface area contributed by atoms with Crippen molar-refractivity contribution in [2.45, 2.75) is 13.8 Å². The number of hydrogen-bond acceptors (Lipinski definition) is 3. The molecule has 0 fully saturated rings. The topological polar surface area (TPSA) is 68.0 Å². The number of nitrogen functional groups attached to an aromatic ring is 1. The van der Waals surface area contributed by atoms with Gasteiger partial charge in [0.15, 0.2) is 0 Å². The van der Waals surface area contributed by atoms with Crippen LogP contribution >= 0.6 is 0 Å². The smallest absolute Gasteiger partial charge is 0.257 e. The van der Waals surface area contributed by atoms with Crippen LogP contribution in [0.3, 0.4) is 0 Å². The highest BCUT2D eigenvalue weighted by Crippen LogP contribution is 2.17. The number of aromatic nitrogens is 1. The monoisotopic (exact) mass is 241 g/mol. The number of aryl methyl sites for hydroxylation is 2. The molecule has 2 aromatic rings. The molecule has 1 aromatic carbocycles. The van der Waals surface area contributed by atoms with Gasteiger partial charge < -0.3 is 11.1 Å². The van der Waals surface area contributed by atoms with Crippen molar-refractivity contribution >= 4 is 17.3 Å². The molecular formula is C14H15N3O. The van der Waals surface area contributed by atoms with Gasteiger partial charge in [0, 0.05) is 11.9 Å². The van der Waals surface area contributed by atoms with Gasteiger partial charge in [-0.3, -0.25) is 9.78 Å². The molecule has 0 bridgehead atoms. The van der Waals surface area contributed by atoms with Crippen LogP contribution in [0.15, 0.2) is 36.7 Å². The molecule has 0 aliphatic carbocycles. The van der Waals surface area contributed by atoms with E-state index in [4.69, 9.17) is 5.73 Å². The first kappa shape index (κ1) is 12.1. The molecule has 4 nitrogen and oxygen atoms in total. The zero-order chi connectivity index (χ0) is 13.1. The maximum absolute atomic E-state index is 12.1. The Morgan fingerprint density at radius 3 is 2.72 bits per heavy atom. The first-order chi connectivity index (χ1) is 8.58. The van der Waals surface area contributed by atoms with E-state index in [2.05, 4.69) is 10.3 Å². The lowest BCUT2D eigenvalue weighted by Crippen LogP contribution is -2.15. The van der Waals surface area contributed by atoms with E-state index in [1.165, 1.54) is 0 Å². The summed E-state index contributed by atoms with van der Waals surface area (Å²) < 4.78 is 0. The van der Waals surface area contributed by atoms with E-state index >= 15 is 0 Å². The van der Waals surface area contributed by atoms with Crippen molar-refractivity contribution in [2.75, 3.05) is 11.1 Å². The highest BCUT2D eigenvalue weighted by Gasteiger charge is 2.10. The number of benzene rings is 1. The molecule has 1 heterocycles. The van der Waals surface area contributed by atoms with E-state index in [1.807, 2.05) is 26.0 Å². The van der Waals surface area contributed by atoms with Crippen LogP contribution in [0.5, 0.6) is 0 Å². The predicted octanol–water partition coefficient (Wildman–Crippen LogP) is 2.53. The normalized spacial score (nSPS) is 10.1. The Bertz CT molecular complexity index is 593. The number of pyridine rings is 1. The number of rotatable bonds is 2. The molecule has 1 amide bonds. The highest BCUT2D eigenvalue weighted by atomic mass is 16.1. The van der Waals surface area contributed by atoms with Crippen LogP contribution in [-0.2, 0) is 0 Å². The molecule has 0 aliphatic heterocycles. The van der Waals surface area contributed by atoms with Crippen molar-refractivity contribution in [1.29, 1.82) is 0 Å². The summed E-state index contributed by atoms with van der Waals surface area (Å²) in [4.78, 5) is 16.1. The summed E-state index contributed by atoms with van der Waals surface area (Å²) in [5.41, 5.74) is 9.48. The molecule has 2 rings (SSSR count). The standard InChI is InChI=1S/C14H15N3O/c1-9-3-4-11(12(15)7-9)14(18)17-13-8-16-6-5-10(13)2/h3-8H,15H2,1-2H3,(H,17,18). The highest BCUT2D eigenvalue weighted by molar-refractivity contribution is 6.08. The van der Waals surface area contributed by atoms with E-state index in [-0.39, 0.29) is 5.91 Å². The van der Waals surface area contributed by atoms with Crippen LogP contribution in [-0.4, -0.2) is 10.9 Å². The van der Waals surface area contributed by atoms with Crippen LogP contribution in [0, 0.1) is 13.8 Å². The molecule has 3 N–H and O–H groups in total. The van der Waals surface area contributed by atoms with Gasteiger partial charge in [-0.2, -0.15) is 0 Å². The molecule has 0 unspecified atom stereocenters. The fraction of sp³-hybridized carbons (Fsp3) is 0.143. The van der Waals surface area contributed by atoms with Gasteiger partial charge in [0.05, 0.1) is 17.4 Å². The van der Waals surface area contributed by atoms with Crippen molar-refractivity contribution in [3.8, 4) is 0 Å². The SMILES string of the molecule is Cc1ccc(C(=O)Nc2cnccc2C)c(N)c1. The summed E-state index contributed by atoms with van der Waals surface area (Å²) >= 11 is 0. The van der Waals surface area contributed by atoms with Crippen molar-refractivity contribution < 1.29 is 4.79 Å². The second-order valence-corrected chi connectivity index (χ2v) is 4.24. The van der Waals surface area contributed by atoms with Gasteiger partial charge in [-0.05, 0) is 43.2 Å². The molecule has 0 radical (unpaired) electrons. The predicted molar refractivity (Wildman–Crippen MR) is 72.5 cm³/mol. The molecular weight excluding hydrogens is 226 g/mol. The Balaban J connectivity index is 2.25. The van der Waals surface area contributed by atoms with Crippen LogP contribution in [0.1, 0.15) is 21.5 Å². The average molecular weight is 241 g/mol. The Hall–Kier alpha value is -2.36. The summed E-state index contributed by atoms with van der Waals surface area (Å²) in [6, 6.07) is 7.21. The van der Waals surface area contributed by atoms with E-state index in [0.717, 1.165) is 11.1 Å². The second-order valence-electron chi connectivity index (χ2n) is 4.24. The molecule has 1 aromatic heterocycles. The number of nitrogens with two attached hydrogens (primary N) is 1. The fourth-order valence-electron chi connectivity index (χ4n) is 1.67. The van der Waals surface area contributed by atoms with Crippen LogP contribution in [0.25, 0.3) is 0 Å².